The molecule has 2 heterocycles. The number of phenols is 1. The molecular weight excluding hydrogens is 336 g/mol. The van der Waals surface area contributed by atoms with E-state index in [9.17, 15) is 9.90 Å². The number of carbonyl (C=O) groups is 1. The second-order valence-corrected chi connectivity index (χ2v) is 9.46. The molecule has 2 saturated heterocycles. The number of aromatic hydroxyl groups is 1. The fourth-order valence-electron chi connectivity index (χ4n) is 5.75. The van der Waals surface area contributed by atoms with Gasteiger partial charge in [-0.15, -0.1) is 0 Å². The molecule has 1 N–H and O–H groups in total. The van der Waals surface area contributed by atoms with Crippen molar-refractivity contribution in [3.05, 3.63) is 28.3 Å². The lowest BCUT2D eigenvalue weighted by Crippen LogP contribution is -2.57. The minimum atomic E-state index is 0.230. The molecule has 4 nitrogen and oxygen atoms in total. The summed E-state index contributed by atoms with van der Waals surface area (Å²) < 4.78 is 0. The SMILES string of the molecule is CC(=O)N1CC2(CC[C@H](N3CCC(c4cc(C)c(C)c(C)c4O)CC3)C2)C1. The highest BCUT2D eigenvalue weighted by Crippen LogP contribution is 2.48. The summed E-state index contributed by atoms with van der Waals surface area (Å²) in [4.78, 5) is 16.2. The molecule has 2 aliphatic heterocycles. The molecule has 0 aromatic heterocycles. The molecule has 3 aliphatic rings. The lowest BCUT2D eigenvalue weighted by Gasteiger charge is -2.48. The van der Waals surface area contributed by atoms with Crippen LogP contribution in [-0.2, 0) is 4.79 Å². The molecule has 148 valence electrons. The Hall–Kier alpha value is -1.55. The van der Waals surface area contributed by atoms with E-state index >= 15 is 0 Å². The average Bonchev–Trinajstić information content (AvgIpc) is 3.07. The molecule has 1 atom stereocenters. The molecule has 1 aromatic carbocycles. The fourth-order valence-corrected chi connectivity index (χ4v) is 5.75. The summed E-state index contributed by atoms with van der Waals surface area (Å²) in [5.41, 5.74) is 5.13. The number of nitrogens with zero attached hydrogens (tertiary/aromatic N) is 2. The quantitative estimate of drug-likeness (QED) is 0.859. The Morgan fingerprint density at radius 2 is 1.78 bits per heavy atom. The van der Waals surface area contributed by atoms with Gasteiger partial charge < -0.3 is 14.9 Å². The van der Waals surface area contributed by atoms with Gasteiger partial charge in [-0.3, -0.25) is 4.79 Å². The van der Waals surface area contributed by atoms with Crippen LogP contribution < -0.4 is 0 Å². The molecule has 0 radical (unpaired) electrons. The number of aryl methyl sites for hydroxylation is 1. The van der Waals surface area contributed by atoms with Gasteiger partial charge in [-0.2, -0.15) is 0 Å². The number of hydrogen-bond donors (Lipinski definition) is 1. The van der Waals surface area contributed by atoms with Crippen LogP contribution in [-0.4, -0.2) is 53.0 Å². The number of carbonyl (C=O) groups excluding carboxylic acids is 1. The molecule has 3 fully saturated rings. The molecule has 0 unspecified atom stereocenters. The molecule has 0 bridgehead atoms. The van der Waals surface area contributed by atoms with E-state index in [4.69, 9.17) is 0 Å². The molecule has 1 saturated carbocycles. The highest BCUT2D eigenvalue weighted by Gasteiger charge is 2.50. The van der Waals surface area contributed by atoms with Crippen molar-refractivity contribution in [1.82, 2.24) is 9.80 Å². The van der Waals surface area contributed by atoms with Gasteiger partial charge in [-0.25, -0.2) is 0 Å². The first-order chi connectivity index (χ1) is 12.8. The van der Waals surface area contributed by atoms with Crippen LogP contribution in [0.15, 0.2) is 6.07 Å². The van der Waals surface area contributed by atoms with Crippen molar-refractivity contribution in [2.45, 2.75) is 71.8 Å². The molecule has 1 aliphatic carbocycles. The summed E-state index contributed by atoms with van der Waals surface area (Å²) in [7, 11) is 0. The molecule has 4 rings (SSSR count). The maximum atomic E-state index is 11.5. The number of amides is 1. The first kappa shape index (κ1) is 18.8. The Labute approximate surface area is 163 Å². The lowest BCUT2D eigenvalue weighted by molar-refractivity contribution is -0.140. The summed E-state index contributed by atoms with van der Waals surface area (Å²) in [6, 6.07) is 2.91. The predicted octanol–water partition coefficient (Wildman–Crippen LogP) is 3.90. The van der Waals surface area contributed by atoms with Crippen molar-refractivity contribution < 1.29 is 9.90 Å². The van der Waals surface area contributed by atoms with Crippen LogP contribution in [0.1, 0.15) is 67.2 Å². The standard InChI is InChI=1S/C23H34N2O2/c1-15-11-21(22(27)17(3)16(15)2)19-6-9-24(10-7-19)20-5-8-23(12-20)13-25(14-23)18(4)26/h11,19-20,27H,5-10,12-14H2,1-4H3/t20-/m0/s1. The van der Waals surface area contributed by atoms with Crippen molar-refractivity contribution in [3.63, 3.8) is 0 Å². The van der Waals surface area contributed by atoms with Crippen LogP contribution in [0.4, 0.5) is 0 Å². The third kappa shape index (κ3) is 3.26. The lowest BCUT2D eigenvalue weighted by atomic mass is 9.78. The highest BCUT2D eigenvalue weighted by molar-refractivity contribution is 5.74. The van der Waals surface area contributed by atoms with Crippen molar-refractivity contribution in [2.24, 2.45) is 5.41 Å². The second kappa shape index (κ2) is 6.80. The van der Waals surface area contributed by atoms with Gasteiger partial charge in [0.2, 0.25) is 5.91 Å². The summed E-state index contributed by atoms with van der Waals surface area (Å²) >= 11 is 0. The Kier molecular flexibility index (Phi) is 4.74. The van der Waals surface area contributed by atoms with Gasteiger partial charge in [0.05, 0.1) is 0 Å². The largest absolute Gasteiger partial charge is 0.507 e. The zero-order chi connectivity index (χ0) is 19.3. The van der Waals surface area contributed by atoms with E-state index in [0.29, 0.717) is 23.1 Å². The number of benzene rings is 1. The van der Waals surface area contributed by atoms with Gasteiger partial charge in [0.1, 0.15) is 5.75 Å². The van der Waals surface area contributed by atoms with Gasteiger partial charge in [-0.05, 0) is 94.1 Å². The first-order valence-electron chi connectivity index (χ1n) is 10.6. The highest BCUT2D eigenvalue weighted by atomic mass is 16.3. The van der Waals surface area contributed by atoms with Gasteiger partial charge in [0.25, 0.3) is 0 Å². The minimum absolute atomic E-state index is 0.230. The van der Waals surface area contributed by atoms with Crippen LogP contribution in [0, 0.1) is 26.2 Å². The number of piperidine rings is 1. The Morgan fingerprint density at radius 1 is 1.11 bits per heavy atom. The van der Waals surface area contributed by atoms with Crippen LogP contribution >= 0.6 is 0 Å². The monoisotopic (exact) mass is 370 g/mol. The van der Waals surface area contributed by atoms with Gasteiger partial charge in [0, 0.05) is 31.5 Å². The van der Waals surface area contributed by atoms with E-state index in [1.165, 1.54) is 30.4 Å². The third-order valence-corrected chi connectivity index (χ3v) is 7.81. The Bertz CT molecular complexity index is 743. The third-order valence-electron chi connectivity index (χ3n) is 7.81. The Morgan fingerprint density at radius 3 is 2.41 bits per heavy atom. The maximum absolute atomic E-state index is 11.5. The molecular formula is C23H34N2O2. The van der Waals surface area contributed by atoms with Crippen molar-refractivity contribution in [1.29, 1.82) is 0 Å². The second-order valence-electron chi connectivity index (χ2n) is 9.46. The van der Waals surface area contributed by atoms with Crippen molar-refractivity contribution in [3.8, 4) is 5.75 Å². The van der Waals surface area contributed by atoms with Gasteiger partial charge in [-0.1, -0.05) is 6.07 Å². The minimum Gasteiger partial charge on any atom is -0.507 e. The maximum Gasteiger partial charge on any atom is 0.219 e. The number of phenolic OH excluding ortho intramolecular Hbond substituents is 1. The van der Waals surface area contributed by atoms with Crippen LogP contribution in [0.5, 0.6) is 5.75 Å². The summed E-state index contributed by atoms with van der Waals surface area (Å²) in [5, 5.41) is 10.7. The molecule has 1 spiro atoms. The van der Waals surface area contributed by atoms with Crippen molar-refractivity contribution >= 4 is 5.91 Å². The fraction of sp³-hybridized carbons (Fsp3) is 0.696. The van der Waals surface area contributed by atoms with E-state index in [0.717, 1.165) is 50.1 Å². The average molecular weight is 371 g/mol. The number of rotatable bonds is 2. The van der Waals surface area contributed by atoms with E-state index < -0.39 is 0 Å². The van der Waals surface area contributed by atoms with E-state index in [1.807, 2.05) is 11.8 Å². The summed E-state index contributed by atoms with van der Waals surface area (Å²) in [5.74, 6) is 1.23. The van der Waals surface area contributed by atoms with Crippen molar-refractivity contribution in [2.75, 3.05) is 26.2 Å². The number of likely N-dealkylation sites (tertiary alicyclic amines) is 2. The predicted molar refractivity (Wildman–Crippen MR) is 108 cm³/mol. The van der Waals surface area contributed by atoms with Crippen LogP contribution in [0.2, 0.25) is 0 Å². The molecule has 1 amide bonds. The van der Waals surface area contributed by atoms with Crippen LogP contribution in [0.3, 0.4) is 0 Å². The summed E-state index contributed by atoms with van der Waals surface area (Å²) in [6.07, 6.45) is 6.09. The zero-order valence-electron chi connectivity index (χ0n) is 17.3. The van der Waals surface area contributed by atoms with Gasteiger partial charge in [0.15, 0.2) is 0 Å². The van der Waals surface area contributed by atoms with E-state index in [-0.39, 0.29) is 5.91 Å². The zero-order valence-corrected chi connectivity index (χ0v) is 17.3. The van der Waals surface area contributed by atoms with Crippen LogP contribution in [0.25, 0.3) is 0 Å². The first-order valence-corrected chi connectivity index (χ1v) is 10.6. The topological polar surface area (TPSA) is 43.8 Å². The number of hydrogen-bond acceptors (Lipinski definition) is 3. The van der Waals surface area contributed by atoms with E-state index in [2.05, 4.69) is 24.8 Å². The van der Waals surface area contributed by atoms with Gasteiger partial charge >= 0.3 is 0 Å². The summed E-state index contributed by atoms with van der Waals surface area (Å²) in [6.45, 7) is 12.2. The smallest absolute Gasteiger partial charge is 0.219 e. The molecule has 27 heavy (non-hydrogen) atoms. The van der Waals surface area contributed by atoms with E-state index in [1.54, 1.807) is 6.92 Å². The Balaban J connectivity index is 1.36. The molecule has 1 aromatic rings. The molecule has 4 heteroatoms. The normalized spacial score (nSPS) is 25.8.